The summed E-state index contributed by atoms with van der Waals surface area (Å²) in [4.78, 5) is 9.97. The Morgan fingerprint density at radius 2 is 2.21 bits per heavy atom. The largest absolute Gasteiger partial charge is 0.370 e. The van der Waals surface area contributed by atoms with Crippen molar-refractivity contribution in [3.8, 4) is 0 Å². The van der Waals surface area contributed by atoms with E-state index in [9.17, 15) is 18.9 Å². The smallest absolute Gasteiger partial charge is 0.295 e. The third-order valence-corrected chi connectivity index (χ3v) is 2.50. The van der Waals surface area contributed by atoms with Crippen molar-refractivity contribution >= 4 is 11.4 Å². The number of nitro groups is 1. The van der Waals surface area contributed by atoms with Gasteiger partial charge < -0.3 is 9.88 Å². The Morgan fingerprint density at radius 1 is 1.47 bits per heavy atom. The minimum Gasteiger partial charge on any atom is -0.370 e. The number of benzene rings is 1. The topological polar surface area (TPSA) is 85.9 Å². The van der Waals surface area contributed by atoms with Crippen LogP contribution in [0.25, 0.3) is 0 Å². The number of aromatic nitrogens is 3. The molecule has 7 nitrogen and oxygen atoms in total. The van der Waals surface area contributed by atoms with Crippen LogP contribution in [0.5, 0.6) is 0 Å². The molecule has 0 fully saturated rings. The van der Waals surface area contributed by atoms with E-state index in [1.54, 1.807) is 11.6 Å². The van der Waals surface area contributed by atoms with Crippen molar-refractivity contribution in [2.75, 3.05) is 5.32 Å². The van der Waals surface area contributed by atoms with Crippen molar-refractivity contribution in [2.45, 2.75) is 6.54 Å². The van der Waals surface area contributed by atoms with E-state index in [2.05, 4.69) is 15.5 Å². The molecule has 0 amide bonds. The second kappa shape index (κ2) is 4.96. The first-order valence-corrected chi connectivity index (χ1v) is 5.20. The van der Waals surface area contributed by atoms with Crippen molar-refractivity contribution < 1.29 is 13.7 Å². The van der Waals surface area contributed by atoms with Gasteiger partial charge in [-0.1, -0.05) is 0 Å². The van der Waals surface area contributed by atoms with E-state index in [1.807, 2.05) is 0 Å². The molecular weight excluding hydrogens is 260 g/mol. The number of halogens is 2. The highest BCUT2D eigenvalue weighted by atomic mass is 19.2. The van der Waals surface area contributed by atoms with Crippen LogP contribution in [0.4, 0.5) is 20.2 Å². The quantitative estimate of drug-likeness (QED) is 0.673. The number of hydrogen-bond acceptors (Lipinski definition) is 5. The van der Waals surface area contributed by atoms with E-state index in [4.69, 9.17) is 0 Å². The van der Waals surface area contributed by atoms with Crippen molar-refractivity contribution in [3.05, 3.63) is 46.0 Å². The van der Waals surface area contributed by atoms with Gasteiger partial charge in [-0.25, -0.2) is 8.78 Å². The second-order valence-corrected chi connectivity index (χ2v) is 3.72. The third kappa shape index (κ3) is 2.49. The molecule has 9 heteroatoms. The summed E-state index contributed by atoms with van der Waals surface area (Å²) in [5.41, 5.74) is -1.05. The predicted octanol–water partition coefficient (Wildman–Crippen LogP) is 1.61. The van der Waals surface area contributed by atoms with Crippen molar-refractivity contribution in [3.63, 3.8) is 0 Å². The molecule has 0 aliphatic rings. The maximum atomic E-state index is 13.6. The summed E-state index contributed by atoms with van der Waals surface area (Å²) >= 11 is 0. The Labute approximate surface area is 106 Å². The van der Waals surface area contributed by atoms with Crippen LogP contribution in [-0.4, -0.2) is 19.7 Å². The van der Waals surface area contributed by atoms with Gasteiger partial charge >= 0.3 is 0 Å². The second-order valence-electron chi connectivity index (χ2n) is 3.72. The molecule has 1 N–H and O–H groups in total. The highest BCUT2D eigenvalue weighted by Gasteiger charge is 2.21. The molecule has 2 rings (SSSR count). The molecule has 0 atom stereocenters. The average molecular weight is 269 g/mol. The van der Waals surface area contributed by atoms with Crippen LogP contribution < -0.4 is 5.32 Å². The van der Waals surface area contributed by atoms with Gasteiger partial charge in [0.2, 0.25) is 0 Å². The summed E-state index contributed by atoms with van der Waals surface area (Å²) in [6, 6.07) is 1.61. The van der Waals surface area contributed by atoms with E-state index in [0.717, 1.165) is 6.07 Å². The van der Waals surface area contributed by atoms with E-state index in [-0.39, 0.29) is 6.54 Å². The standard InChI is InChI=1S/C10H9F2N5O2/c1-16-5-14-15-8(16)4-13-10-7(17(18)19)3-2-6(11)9(10)12/h2-3,5,13H,4H2,1H3. The monoisotopic (exact) mass is 269 g/mol. The summed E-state index contributed by atoms with van der Waals surface area (Å²) < 4.78 is 28.2. The highest BCUT2D eigenvalue weighted by molar-refractivity contribution is 5.62. The van der Waals surface area contributed by atoms with Crippen LogP contribution in [-0.2, 0) is 13.6 Å². The fourth-order valence-corrected chi connectivity index (χ4v) is 1.50. The Bertz CT molecular complexity index is 628. The molecule has 0 aliphatic heterocycles. The highest BCUT2D eigenvalue weighted by Crippen LogP contribution is 2.29. The van der Waals surface area contributed by atoms with Crippen molar-refractivity contribution in [1.82, 2.24) is 14.8 Å². The van der Waals surface area contributed by atoms with Gasteiger partial charge in [0.15, 0.2) is 23.1 Å². The maximum Gasteiger partial charge on any atom is 0.295 e. The number of nitrogens with one attached hydrogen (secondary N) is 1. The minimum absolute atomic E-state index is 0.0162. The van der Waals surface area contributed by atoms with Crippen LogP contribution in [0.1, 0.15) is 5.82 Å². The lowest BCUT2D eigenvalue weighted by atomic mass is 10.2. The summed E-state index contributed by atoms with van der Waals surface area (Å²) in [6.45, 7) is -0.0162. The normalized spacial score (nSPS) is 10.5. The van der Waals surface area contributed by atoms with Gasteiger partial charge in [0.05, 0.1) is 11.5 Å². The molecule has 1 aromatic heterocycles. The average Bonchev–Trinajstić information content (AvgIpc) is 2.76. The molecule has 2 aromatic rings. The number of aryl methyl sites for hydroxylation is 1. The third-order valence-electron chi connectivity index (χ3n) is 2.50. The van der Waals surface area contributed by atoms with Crippen LogP contribution in [0.3, 0.4) is 0 Å². The Morgan fingerprint density at radius 3 is 2.79 bits per heavy atom. The van der Waals surface area contributed by atoms with Crippen molar-refractivity contribution in [1.29, 1.82) is 0 Å². The van der Waals surface area contributed by atoms with Crippen LogP contribution in [0.15, 0.2) is 18.5 Å². The van der Waals surface area contributed by atoms with E-state index >= 15 is 0 Å². The zero-order valence-corrected chi connectivity index (χ0v) is 9.80. The molecule has 1 heterocycles. The number of nitro benzene ring substituents is 1. The number of anilines is 1. The number of hydrogen-bond donors (Lipinski definition) is 1. The molecule has 0 aliphatic carbocycles. The molecule has 0 saturated heterocycles. The van der Waals surface area contributed by atoms with Gasteiger partial charge in [-0.05, 0) is 6.07 Å². The summed E-state index contributed by atoms with van der Waals surface area (Å²) in [7, 11) is 1.66. The van der Waals surface area contributed by atoms with Gasteiger partial charge in [-0.3, -0.25) is 10.1 Å². The lowest BCUT2D eigenvalue weighted by molar-refractivity contribution is -0.384. The first-order chi connectivity index (χ1) is 9.00. The van der Waals surface area contributed by atoms with Crippen LogP contribution >= 0.6 is 0 Å². The van der Waals surface area contributed by atoms with Gasteiger partial charge in [0.1, 0.15) is 6.33 Å². The Hall–Kier alpha value is -2.58. The lowest BCUT2D eigenvalue weighted by Crippen LogP contribution is -2.09. The molecule has 0 spiro atoms. The molecule has 0 unspecified atom stereocenters. The van der Waals surface area contributed by atoms with Crippen molar-refractivity contribution in [2.24, 2.45) is 7.05 Å². The lowest BCUT2D eigenvalue weighted by Gasteiger charge is -2.08. The number of rotatable bonds is 4. The molecular formula is C10H9F2N5O2. The molecule has 1 aromatic carbocycles. The Balaban J connectivity index is 2.31. The fourth-order valence-electron chi connectivity index (χ4n) is 1.50. The first kappa shape index (κ1) is 12.9. The predicted molar refractivity (Wildman–Crippen MR) is 61.3 cm³/mol. The van der Waals surface area contributed by atoms with Gasteiger partial charge in [0, 0.05) is 13.1 Å². The summed E-state index contributed by atoms with van der Waals surface area (Å²) in [6.07, 6.45) is 1.42. The SMILES string of the molecule is Cn1cnnc1CNc1c([N+](=O)[O-])ccc(F)c1F. The van der Waals surface area contributed by atoms with Gasteiger partial charge in [-0.15, -0.1) is 10.2 Å². The Kier molecular flexibility index (Phi) is 3.36. The molecule has 100 valence electrons. The summed E-state index contributed by atoms with van der Waals surface area (Å²) in [5, 5.41) is 20.5. The zero-order valence-electron chi connectivity index (χ0n) is 9.80. The summed E-state index contributed by atoms with van der Waals surface area (Å²) in [5.74, 6) is -2.03. The van der Waals surface area contributed by atoms with Crippen LogP contribution in [0, 0.1) is 21.7 Å². The van der Waals surface area contributed by atoms with E-state index < -0.39 is 27.9 Å². The zero-order chi connectivity index (χ0) is 14.0. The van der Waals surface area contributed by atoms with Gasteiger partial charge in [0.25, 0.3) is 5.69 Å². The first-order valence-electron chi connectivity index (χ1n) is 5.20. The fraction of sp³-hybridized carbons (Fsp3) is 0.200. The molecule has 0 saturated carbocycles. The molecule has 19 heavy (non-hydrogen) atoms. The molecule has 0 radical (unpaired) electrons. The van der Waals surface area contributed by atoms with E-state index in [0.29, 0.717) is 11.9 Å². The van der Waals surface area contributed by atoms with Gasteiger partial charge in [-0.2, -0.15) is 0 Å². The maximum absolute atomic E-state index is 13.6. The molecule has 0 bridgehead atoms. The number of nitrogens with zero attached hydrogens (tertiary/aromatic N) is 4. The minimum atomic E-state index is -1.30. The van der Waals surface area contributed by atoms with E-state index in [1.165, 1.54) is 6.33 Å². The van der Waals surface area contributed by atoms with Crippen LogP contribution in [0.2, 0.25) is 0 Å².